The normalized spacial score (nSPS) is 11.3. The van der Waals surface area contributed by atoms with Crippen molar-refractivity contribution in [3.05, 3.63) is 33.9 Å². The molecule has 0 aliphatic heterocycles. The molecule has 0 aliphatic carbocycles. The minimum absolute atomic E-state index is 0.187. The van der Waals surface area contributed by atoms with Crippen LogP contribution in [0.1, 0.15) is 5.56 Å². The maximum Gasteiger partial charge on any atom is 0.330 e. The molecule has 0 aliphatic rings. The SMILES string of the molecule is O=[N+]([O-])c1c(O)cccc1CP(=O)(O)O. The maximum atomic E-state index is 10.7. The molecular weight excluding hydrogens is 225 g/mol. The second kappa shape index (κ2) is 3.98. The van der Waals surface area contributed by atoms with Crippen LogP contribution in [0.2, 0.25) is 0 Å². The number of nitro groups is 1. The highest BCUT2D eigenvalue weighted by Crippen LogP contribution is 2.43. The fraction of sp³-hybridized carbons (Fsp3) is 0.143. The van der Waals surface area contributed by atoms with Gasteiger partial charge in [-0.1, -0.05) is 12.1 Å². The van der Waals surface area contributed by atoms with Crippen LogP contribution in [-0.2, 0) is 10.7 Å². The van der Waals surface area contributed by atoms with Crippen LogP contribution in [0, 0.1) is 10.1 Å². The van der Waals surface area contributed by atoms with Gasteiger partial charge in [-0.25, -0.2) is 0 Å². The summed E-state index contributed by atoms with van der Waals surface area (Å²) in [6.45, 7) is 0. The zero-order valence-electron chi connectivity index (χ0n) is 7.40. The molecule has 8 heteroatoms. The predicted molar refractivity (Wildman–Crippen MR) is 50.5 cm³/mol. The summed E-state index contributed by atoms with van der Waals surface area (Å²) >= 11 is 0. The van der Waals surface area contributed by atoms with E-state index in [1.807, 2.05) is 0 Å². The molecule has 82 valence electrons. The number of nitro benzene ring substituents is 1. The van der Waals surface area contributed by atoms with Gasteiger partial charge >= 0.3 is 13.3 Å². The number of phenolic OH excluding ortho intramolecular Hbond substituents is 1. The molecule has 3 N–H and O–H groups in total. The fourth-order valence-corrected chi connectivity index (χ4v) is 1.84. The van der Waals surface area contributed by atoms with Crippen molar-refractivity contribution in [1.82, 2.24) is 0 Å². The molecule has 7 nitrogen and oxygen atoms in total. The lowest BCUT2D eigenvalue weighted by Crippen LogP contribution is -1.96. The maximum absolute atomic E-state index is 10.7. The van der Waals surface area contributed by atoms with Crippen molar-refractivity contribution in [1.29, 1.82) is 0 Å². The zero-order valence-corrected chi connectivity index (χ0v) is 8.29. The average molecular weight is 233 g/mol. The van der Waals surface area contributed by atoms with Gasteiger partial charge in [-0.15, -0.1) is 0 Å². The van der Waals surface area contributed by atoms with E-state index in [0.29, 0.717) is 0 Å². The Morgan fingerprint density at radius 3 is 2.47 bits per heavy atom. The second-order valence-corrected chi connectivity index (χ2v) is 4.51. The van der Waals surface area contributed by atoms with Crippen molar-refractivity contribution in [3.8, 4) is 5.75 Å². The van der Waals surface area contributed by atoms with Crippen LogP contribution < -0.4 is 0 Å². The minimum atomic E-state index is -4.39. The van der Waals surface area contributed by atoms with E-state index < -0.39 is 30.1 Å². The third kappa shape index (κ3) is 3.02. The van der Waals surface area contributed by atoms with Gasteiger partial charge in [0.15, 0.2) is 5.75 Å². The molecule has 0 heterocycles. The Hall–Kier alpha value is -1.43. The lowest BCUT2D eigenvalue weighted by Gasteiger charge is -2.05. The van der Waals surface area contributed by atoms with Crippen LogP contribution >= 0.6 is 7.60 Å². The molecule has 0 aromatic heterocycles. The number of hydrogen-bond acceptors (Lipinski definition) is 4. The largest absolute Gasteiger partial charge is 0.502 e. The quantitative estimate of drug-likeness (QED) is 0.406. The Balaban J connectivity index is 3.24. The Morgan fingerprint density at radius 1 is 1.40 bits per heavy atom. The van der Waals surface area contributed by atoms with E-state index in [9.17, 15) is 14.7 Å². The van der Waals surface area contributed by atoms with E-state index in [2.05, 4.69) is 0 Å². The molecule has 1 aromatic rings. The third-order valence-corrected chi connectivity index (χ3v) is 2.41. The molecule has 0 unspecified atom stereocenters. The molecule has 1 rings (SSSR count). The van der Waals surface area contributed by atoms with Crippen LogP contribution in [-0.4, -0.2) is 19.8 Å². The first-order chi connectivity index (χ1) is 6.81. The van der Waals surface area contributed by atoms with Gasteiger partial charge < -0.3 is 14.9 Å². The van der Waals surface area contributed by atoms with Crippen LogP contribution in [0.3, 0.4) is 0 Å². The van der Waals surface area contributed by atoms with Crippen LogP contribution in [0.25, 0.3) is 0 Å². The van der Waals surface area contributed by atoms with Gasteiger partial charge in [0.25, 0.3) is 0 Å². The van der Waals surface area contributed by atoms with Crippen molar-refractivity contribution in [2.45, 2.75) is 6.16 Å². The average Bonchev–Trinajstić information content (AvgIpc) is 1.99. The summed E-state index contributed by atoms with van der Waals surface area (Å²) in [6, 6.07) is 3.56. The minimum Gasteiger partial charge on any atom is -0.502 e. The number of nitrogens with zero attached hydrogens (tertiary/aromatic N) is 1. The Labute approximate surface area is 84.3 Å². The Kier molecular flexibility index (Phi) is 3.09. The molecule has 0 bridgehead atoms. The monoisotopic (exact) mass is 233 g/mol. The molecule has 0 saturated carbocycles. The van der Waals surface area contributed by atoms with Crippen molar-refractivity contribution < 1.29 is 24.4 Å². The summed E-state index contributed by atoms with van der Waals surface area (Å²) in [6.07, 6.45) is -0.766. The third-order valence-electron chi connectivity index (χ3n) is 1.66. The van der Waals surface area contributed by atoms with Gasteiger partial charge in [-0.2, -0.15) is 0 Å². The molecule has 15 heavy (non-hydrogen) atoms. The molecule has 0 amide bonds. The van der Waals surface area contributed by atoms with E-state index in [1.165, 1.54) is 12.1 Å². The number of phenols is 1. The molecular formula is C7H8NO6P. The summed E-state index contributed by atoms with van der Waals surface area (Å²) in [7, 11) is -4.39. The van der Waals surface area contributed by atoms with Gasteiger partial charge in [-0.05, 0) is 6.07 Å². The Bertz CT molecular complexity index is 439. The first-order valence-corrected chi connectivity index (χ1v) is 5.61. The number of rotatable bonds is 3. The summed E-state index contributed by atoms with van der Waals surface area (Å²) < 4.78 is 10.7. The number of hydrogen-bond donors (Lipinski definition) is 3. The number of benzene rings is 1. The zero-order chi connectivity index (χ0) is 11.6. The van der Waals surface area contributed by atoms with Crippen molar-refractivity contribution in [2.24, 2.45) is 0 Å². The summed E-state index contributed by atoms with van der Waals surface area (Å²) in [5.74, 6) is -0.606. The first-order valence-electron chi connectivity index (χ1n) is 3.81. The molecule has 0 spiro atoms. The summed E-state index contributed by atoms with van der Waals surface area (Å²) in [5, 5.41) is 19.7. The lowest BCUT2D eigenvalue weighted by molar-refractivity contribution is -0.386. The van der Waals surface area contributed by atoms with E-state index in [4.69, 9.17) is 14.9 Å². The Morgan fingerprint density at radius 2 is 2.00 bits per heavy atom. The number of para-hydroxylation sites is 1. The van der Waals surface area contributed by atoms with Crippen molar-refractivity contribution >= 4 is 13.3 Å². The highest BCUT2D eigenvalue weighted by molar-refractivity contribution is 7.50. The topological polar surface area (TPSA) is 121 Å². The van der Waals surface area contributed by atoms with E-state index in [0.717, 1.165) is 6.07 Å². The van der Waals surface area contributed by atoms with Crippen LogP contribution in [0.4, 0.5) is 5.69 Å². The molecule has 1 aromatic carbocycles. The highest BCUT2D eigenvalue weighted by atomic mass is 31.2. The highest BCUT2D eigenvalue weighted by Gasteiger charge is 2.24. The predicted octanol–water partition coefficient (Wildman–Crippen LogP) is 0.978. The van der Waals surface area contributed by atoms with E-state index in [-0.39, 0.29) is 5.56 Å². The van der Waals surface area contributed by atoms with Gasteiger partial charge in [0.2, 0.25) is 0 Å². The molecule has 0 atom stereocenters. The second-order valence-electron chi connectivity index (χ2n) is 2.86. The van der Waals surface area contributed by atoms with Gasteiger partial charge in [0.05, 0.1) is 11.1 Å². The number of aromatic hydroxyl groups is 1. The fourth-order valence-electron chi connectivity index (χ4n) is 1.14. The van der Waals surface area contributed by atoms with Crippen molar-refractivity contribution in [2.75, 3.05) is 0 Å². The van der Waals surface area contributed by atoms with Gasteiger partial charge in [-0.3, -0.25) is 14.7 Å². The molecule has 0 fully saturated rings. The van der Waals surface area contributed by atoms with Gasteiger partial charge in [0, 0.05) is 5.56 Å². The molecule has 0 saturated heterocycles. The standard InChI is InChI=1S/C7H8NO6P/c9-6-3-1-2-5(4-15(12,13)14)7(6)8(10)11/h1-3,9H,4H2,(H2,12,13,14). The summed E-state index contributed by atoms with van der Waals surface area (Å²) in [5.41, 5.74) is -0.853. The first kappa shape index (κ1) is 11.6. The lowest BCUT2D eigenvalue weighted by atomic mass is 10.2. The molecule has 0 radical (unpaired) electrons. The van der Waals surface area contributed by atoms with E-state index in [1.54, 1.807) is 0 Å². The van der Waals surface area contributed by atoms with Crippen LogP contribution in [0.15, 0.2) is 18.2 Å². The van der Waals surface area contributed by atoms with Crippen molar-refractivity contribution in [3.63, 3.8) is 0 Å². The van der Waals surface area contributed by atoms with Crippen LogP contribution in [0.5, 0.6) is 5.75 Å². The smallest absolute Gasteiger partial charge is 0.330 e. The van der Waals surface area contributed by atoms with E-state index >= 15 is 0 Å². The summed E-state index contributed by atoms with van der Waals surface area (Å²) in [4.78, 5) is 27.0. The van der Waals surface area contributed by atoms with Gasteiger partial charge in [0.1, 0.15) is 0 Å².